The Kier molecular flexibility index (Phi) is 5.56. The maximum atomic E-state index is 12.4. The smallest absolute Gasteiger partial charge is 0.310 e. The average Bonchev–Trinajstić information content (AvgIpc) is 3.25. The minimum absolute atomic E-state index is 0.0660. The van der Waals surface area contributed by atoms with Gasteiger partial charge in [-0.25, -0.2) is 0 Å². The second-order valence-corrected chi connectivity index (χ2v) is 7.91. The zero-order chi connectivity index (χ0) is 20.4. The number of benzene rings is 2. The molecule has 0 spiro atoms. The van der Waals surface area contributed by atoms with Crippen molar-refractivity contribution in [1.82, 2.24) is 4.57 Å². The number of aromatic hydroxyl groups is 1. The van der Waals surface area contributed by atoms with Gasteiger partial charge in [-0.1, -0.05) is 60.2 Å². The topological polar surface area (TPSA) is 63.8 Å². The van der Waals surface area contributed by atoms with Gasteiger partial charge in [0, 0.05) is 17.4 Å². The van der Waals surface area contributed by atoms with Gasteiger partial charge in [0.1, 0.15) is 12.4 Å². The van der Waals surface area contributed by atoms with Crippen LogP contribution in [0.5, 0.6) is 11.6 Å². The predicted octanol–water partition coefficient (Wildman–Crippen LogP) is 5.17. The van der Waals surface area contributed by atoms with E-state index in [4.69, 9.17) is 16.3 Å². The van der Waals surface area contributed by atoms with Crippen LogP contribution in [0.2, 0.25) is 5.02 Å². The van der Waals surface area contributed by atoms with Crippen molar-refractivity contribution in [2.45, 2.75) is 19.9 Å². The number of ether oxygens (including phenoxy) is 1. The summed E-state index contributed by atoms with van der Waals surface area (Å²) < 4.78 is 6.94. The molecule has 0 aliphatic carbocycles. The molecule has 0 bridgehead atoms. The van der Waals surface area contributed by atoms with Gasteiger partial charge in [-0.3, -0.25) is 14.4 Å². The lowest BCUT2D eigenvalue weighted by Gasteiger charge is -2.08. The Labute approximate surface area is 177 Å². The lowest BCUT2D eigenvalue weighted by atomic mass is 10.0. The third kappa shape index (κ3) is 3.86. The van der Waals surface area contributed by atoms with Crippen LogP contribution in [0.3, 0.4) is 0 Å². The standard InChI is InChI=1S/C22H19ClN2O3S/c1-2-14-6-5-7-16-15(13-24-20(14)16)12-19-21(26)25(22(27)29-19)10-11-28-18-9-4-3-8-17(18)23/h3-9,12-13,26H,2,10-11H2,1H3/b15-12+. The Morgan fingerprint density at radius 1 is 1.24 bits per heavy atom. The molecule has 1 N–H and O–H groups in total. The molecule has 148 valence electrons. The second-order valence-electron chi connectivity index (χ2n) is 6.51. The first-order valence-electron chi connectivity index (χ1n) is 9.26. The molecule has 0 radical (unpaired) electrons. The Balaban J connectivity index is 1.55. The fourth-order valence-electron chi connectivity index (χ4n) is 3.24. The van der Waals surface area contributed by atoms with Crippen LogP contribution in [0.25, 0.3) is 11.6 Å². The first-order chi connectivity index (χ1) is 14.1. The molecule has 2 aromatic carbocycles. The third-order valence-corrected chi connectivity index (χ3v) is 5.96. The van der Waals surface area contributed by atoms with Gasteiger partial charge in [0.05, 0.1) is 22.1 Å². The lowest BCUT2D eigenvalue weighted by Crippen LogP contribution is -2.17. The summed E-state index contributed by atoms with van der Waals surface area (Å²) in [6.07, 6.45) is 4.48. The van der Waals surface area contributed by atoms with Crippen molar-refractivity contribution >= 4 is 46.5 Å². The van der Waals surface area contributed by atoms with Gasteiger partial charge in [0.15, 0.2) is 0 Å². The van der Waals surface area contributed by atoms with E-state index in [0.29, 0.717) is 15.6 Å². The minimum atomic E-state index is -0.241. The van der Waals surface area contributed by atoms with E-state index < -0.39 is 0 Å². The summed E-state index contributed by atoms with van der Waals surface area (Å²) in [6, 6.07) is 13.2. The second kappa shape index (κ2) is 8.27. The van der Waals surface area contributed by atoms with Gasteiger partial charge in [0.25, 0.3) is 0 Å². The van der Waals surface area contributed by atoms with Gasteiger partial charge >= 0.3 is 4.87 Å². The normalized spacial score (nSPS) is 13.8. The summed E-state index contributed by atoms with van der Waals surface area (Å²) in [5.41, 5.74) is 4.03. The van der Waals surface area contributed by atoms with Crippen LogP contribution in [0.4, 0.5) is 5.69 Å². The van der Waals surface area contributed by atoms with Gasteiger partial charge in [-0.15, -0.1) is 0 Å². The van der Waals surface area contributed by atoms with Crippen LogP contribution < -0.4 is 9.61 Å². The van der Waals surface area contributed by atoms with Crippen molar-refractivity contribution in [3.05, 3.63) is 73.2 Å². The van der Waals surface area contributed by atoms with Gasteiger partial charge in [-0.2, -0.15) is 0 Å². The molecule has 0 atom stereocenters. The highest BCUT2D eigenvalue weighted by Gasteiger charge is 2.18. The number of aryl methyl sites for hydroxylation is 1. The molecule has 5 nitrogen and oxygen atoms in total. The summed E-state index contributed by atoms with van der Waals surface area (Å²) in [6.45, 7) is 2.53. The molecule has 2 heterocycles. The summed E-state index contributed by atoms with van der Waals surface area (Å²) in [5, 5.41) is 11.1. The highest BCUT2D eigenvalue weighted by molar-refractivity contribution is 7.10. The van der Waals surface area contributed by atoms with E-state index in [1.165, 1.54) is 10.1 Å². The number of hydrogen-bond acceptors (Lipinski definition) is 5. The van der Waals surface area contributed by atoms with E-state index in [0.717, 1.165) is 34.6 Å². The number of fused-ring (bicyclic) bond motifs is 1. The van der Waals surface area contributed by atoms with Crippen molar-refractivity contribution in [1.29, 1.82) is 0 Å². The van der Waals surface area contributed by atoms with Gasteiger partial charge in [-0.05, 0) is 30.2 Å². The number of aliphatic imine (C=N–C) groups is 1. The number of aromatic nitrogens is 1. The summed E-state index contributed by atoms with van der Waals surface area (Å²) in [5.74, 6) is 0.480. The minimum Gasteiger partial charge on any atom is -0.493 e. The Bertz CT molecular complexity index is 1180. The highest BCUT2D eigenvalue weighted by Crippen LogP contribution is 2.37. The van der Waals surface area contributed by atoms with E-state index >= 15 is 0 Å². The van der Waals surface area contributed by atoms with Crippen LogP contribution in [0.15, 0.2) is 52.3 Å². The molecule has 7 heteroatoms. The number of para-hydroxylation sites is 2. The molecular weight excluding hydrogens is 408 g/mol. The number of thiazole rings is 1. The molecule has 3 aromatic rings. The monoisotopic (exact) mass is 426 g/mol. The van der Waals surface area contributed by atoms with E-state index in [1.807, 2.05) is 30.3 Å². The Hall–Kier alpha value is -2.83. The van der Waals surface area contributed by atoms with E-state index in [-0.39, 0.29) is 23.9 Å². The molecule has 0 unspecified atom stereocenters. The molecule has 4 rings (SSSR count). The SMILES string of the molecule is CCc1cccc2c1N=C/C2=C\c1sc(=O)n(CCOc2ccccc2Cl)c1O. The zero-order valence-corrected chi connectivity index (χ0v) is 17.3. The van der Waals surface area contributed by atoms with Crippen LogP contribution >= 0.6 is 22.9 Å². The van der Waals surface area contributed by atoms with Crippen molar-refractivity contribution in [2.75, 3.05) is 6.61 Å². The number of halogens is 1. The number of nitrogens with zero attached hydrogens (tertiary/aromatic N) is 2. The van der Waals surface area contributed by atoms with Crippen molar-refractivity contribution in [2.24, 2.45) is 4.99 Å². The van der Waals surface area contributed by atoms with Crippen LogP contribution in [-0.2, 0) is 13.0 Å². The zero-order valence-electron chi connectivity index (χ0n) is 15.8. The average molecular weight is 427 g/mol. The van der Waals surface area contributed by atoms with Gasteiger partial charge < -0.3 is 9.84 Å². The maximum Gasteiger partial charge on any atom is 0.310 e. The fourth-order valence-corrected chi connectivity index (χ4v) is 4.29. The molecular formula is C22H19ClN2O3S. The Morgan fingerprint density at radius 3 is 2.86 bits per heavy atom. The van der Waals surface area contributed by atoms with Gasteiger partial charge in [0.2, 0.25) is 5.88 Å². The number of allylic oxidation sites excluding steroid dienone is 1. The molecule has 0 amide bonds. The predicted molar refractivity (Wildman–Crippen MR) is 119 cm³/mol. The maximum absolute atomic E-state index is 12.4. The van der Waals surface area contributed by atoms with Crippen molar-refractivity contribution < 1.29 is 9.84 Å². The lowest BCUT2D eigenvalue weighted by molar-refractivity contribution is 0.286. The molecule has 0 saturated carbocycles. The Morgan fingerprint density at radius 2 is 2.07 bits per heavy atom. The molecule has 1 aliphatic rings. The largest absolute Gasteiger partial charge is 0.493 e. The first-order valence-corrected chi connectivity index (χ1v) is 10.5. The molecule has 0 fully saturated rings. The summed E-state index contributed by atoms with van der Waals surface area (Å²) in [7, 11) is 0. The van der Waals surface area contributed by atoms with Crippen molar-refractivity contribution in [3.8, 4) is 11.6 Å². The fraction of sp³-hybridized carbons (Fsp3) is 0.182. The number of rotatable bonds is 6. The van der Waals surface area contributed by atoms with Crippen LogP contribution in [-0.4, -0.2) is 22.5 Å². The molecule has 0 saturated heterocycles. The quantitative estimate of drug-likeness (QED) is 0.591. The molecule has 1 aromatic heterocycles. The third-order valence-electron chi connectivity index (χ3n) is 4.73. The van der Waals surface area contributed by atoms with Crippen LogP contribution in [0.1, 0.15) is 22.9 Å². The molecule has 1 aliphatic heterocycles. The molecule has 29 heavy (non-hydrogen) atoms. The van der Waals surface area contributed by atoms with Crippen LogP contribution in [0, 0.1) is 0 Å². The van der Waals surface area contributed by atoms with E-state index in [2.05, 4.69) is 18.0 Å². The first kappa shape index (κ1) is 19.5. The summed E-state index contributed by atoms with van der Waals surface area (Å²) in [4.78, 5) is 17.1. The van der Waals surface area contributed by atoms with E-state index in [1.54, 1.807) is 18.3 Å². The van der Waals surface area contributed by atoms with E-state index in [9.17, 15) is 9.90 Å². The van der Waals surface area contributed by atoms with Crippen molar-refractivity contribution in [3.63, 3.8) is 0 Å². The number of hydrogen-bond donors (Lipinski definition) is 1. The highest BCUT2D eigenvalue weighted by atomic mass is 35.5. The summed E-state index contributed by atoms with van der Waals surface area (Å²) >= 11 is 7.07.